The van der Waals surface area contributed by atoms with Crippen molar-refractivity contribution >= 4 is 5.78 Å². The lowest BCUT2D eigenvalue weighted by Crippen LogP contribution is -2.15. The molecule has 0 aliphatic carbocycles. The van der Waals surface area contributed by atoms with E-state index >= 15 is 0 Å². The van der Waals surface area contributed by atoms with Crippen molar-refractivity contribution in [1.82, 2.24) is 0 Å². The van der Waals surface area contributed by atoms with Crippen molar-refractivity contribution in [2.45, 2.75) is 27.2 Å². The van der Waals surface area contributed by atoms with Gasteiger partial charge < -0.3 is 0 Å². The third-order valence-corrected chi connectivity index (χ3v) is 1.98. The van der Waals surface area contributed by atoms with Gasteiger partial charge in [0.2, 0.25) is 0 Å². The summed E-state index contributed by atoms with van der Waals surface area (Å²) in [7, 11) is 0. The molecule has 0 saturated heterocycles. The molecule has 1 aromatic rings. The van der Waals surface area contributed by atoms with Crippen LogP contribution < -0.4 is 0 Å². The molecule has 4 heteroatoms. The Morgan fingerprint density at radius 3 is 1.94 bits per heavy atom. The molecule has 0 heterocycles. The molecule has 0 aromatic heterocycles. The van der Waals surface area contributed by atoms with E-state index in [2.05, 4.69) is 0 Å². The zero-order valence-electron chi connectivity index (χ0n) is 9.40. The van der Waals surface area contributed by atoms with Crippen molar-refractivity contribution in [2.24, 2.45) is 5.41 Å². The molecule has 0 fully saturated rings. The minimum atomic E-state index is -1.15. The Labute approximate surface area is 92.3 Å². The van der Waals surface area contributed by atoms with Crippen LogP contribution >= 0.6 is 0 Å². The zero-order valence-corrected chi connectivity index (χ0v) is 9.40. The van der Waals surface area contributed by atoms with Gasteiger partial charge in [0.1, 0.15) is 17.5 Å². The van der Waals surface area contributed by atoms with Gasteiger partial charge in [0, 0.05) is 18.6 Å². The maximum absolute atomic E-state index is 13.2. The number of benzene rings is 1. The van der Waals surface area contributed by atoms with Gasteiger partial charge in [-0.25, -0.2) is 13.2 Å². The highest BCUT2D eigenvalue weighted by atomic mass is 19.1. The van der Waals surface area contributed by atoms with Crippen LogP contribution in [-0.4, -0.2) is 5.78 Å². The van der Waals surface area contributed by atoms with Crippen molar-refractivity contribution in [1.29, 1.82) is 0 Å². The van der Waals surface area contributed by atoms with Crippen molar-refractivity contribution in [3.8, 4) is 0 Å². The van der Waals surface area contributed by atoms with Gasteiger partial charge in [0.25, 0.3) is 0 Å². The smallest absolute Gasteiger partial charge is 0.169 e. The van der Waals surface area contributed by atoms with Crippen LogP contribution in [0.2, 0.25) is 0 Å². The third kappa shape index (κ3) is 3.08. The number of hydrogen-bond donors (Lipinski definition) is 0. The average Bonchev–Trinajstić information content (AvgIpc) is 1.96. The number of hydrogen-bond acceptors (Lipinski definition) is 1. The van der Waals surface area contributed by atoms with Crippen LogP contribution in [0.25, 0.3) is 0 Å². The summed E-state index contributed by atoms with van der Waals surface area (Å²) in [6.45, 7) is 5.35. The average molecular weight is 230 g/mol. The summed E-state index contributed by atoms with van der Waals surface area (Å²) in [5, 5.41) is 0. The largest absolute Gasteiger partial charge is 0.294 e. The van der Waals surface area contributed by atoms with Crippen molar-refractivity contribution in [3.63, 3.8) is 0 Å². The molecule has 0 bridgehead atoms. The topological polar surface area (TPSA) is 17.1 Å². The van der Waals surface area contributed by atoms with Crippen LogP contribution in [0.15, 0.2) is 12.1 Å². The fourth-order valence-corrected chi connectivity index (χ4v) is 1.38. The Balaban J connectivity index is 3.10. The fourth-order valence-electron chi connectivity index (χ4n) is 1.38. The van der Waals surface area contributed by atoms with Crippen LogP contribution in [0.5, 0.6) is 0 Å². The Morgan fingerprint density at radius 2 is 1.56 bits per heavy atom. The quantitative estimate of drug-likeness (QED) is 0.707. The molecule has 1 rings (SSSR count). The number of halogens is 3. The highest BCUT2D eigenvalue weighted by Crippen LogP contribution is 2.24. The van der Waals surface area contributed by atoms with Crippen LogP contribution in [0.4, 0.5) is 13.2 Å². The minimum absolute atomic E-state index is 0.00642. The van der Waals surface area contributed by atoms with Gasteiger partial charge in [-0.1, -0.05) is 20.8 Å². The normalized spacial score (nSPS) is 11.6. The Hall–Kier alpha value is -1.32. The molecule has 1 nitrogen and oxygen atoms in total. The van der Waals surface area contributed by atoms with Crippen LogP contribution in [0, 0.1) is 22.9 Å². The van der Waals surface area contributed by atoms with E-state index in [1.54, 1.807) is 20.8 Å². The number of carbonyl (C=O) groups is 1. The minimum Gasteiger partial charge on any atom is -0.294 e. The zero-order chi connectivity index (χ0) is 12.5. The van der Waals surface area contributed by atoms with E-state index in [1.807, 2.05) is 0 Å². The van der Waals surface area contributed by atoms with E-state index in [0.717, 1.165) is 0 Å². The molecule has 0 amide bonds. The molecule has 0 spiro atoms. The lowest BCUT2D eigenvalue weighted by atomic mass is 9.87. The SMILES string of the molecule is CC(C)(C)CC(=O)c1c(F)cc(F)cc1F. The number of carbonyl (C=O) groups excluding carboxylic acids is 1. The summed E-state index contributed by atoms with van der Waals surface area (Å²) in [6, 6.07) is 1.03. The molecule has 0 N–H and O–H groups in total. The second kappa shape index (κ2) is 4.28. The monoisotopic (exact) mass is 230 g/mol. The van der Waals surface area contributed by atoms with Gasteiger partial charge in [-0.2, -0.15) is 0 Å². The standard InChI is InChI=1S/C12H13F3O/c1-12(2,3)6-10(16)11-8(14)4-7(13)5-9(11)15/h4-5H,6H2,1-3H3. The summed E-state index contributed by atoms with van der Waals surface area (Å²) in [4.78, 5) is 11.6. The molecule has 0 saturated carbocycles. The molecule has 0 aliphatic heterocycles. The first-order chi connectivity index (χ1) is 7.20. The van der Waals surface area contributed by atoms with E-state index in [-0.39, 0.29) is 11.8 Å². The first-order valence-electron chi connectivity index (χ1n) is 4.88. The second-order valence-corrected chi connectivity index (χ2v) is 4.91. The van der Waals surface area contributed by atoms with Gasteiger partial charge in [-0.15, -0.1) is 0 Å². The van der Waals surface area contributed by atoms with Gasteiger partial charge in [0.15, 0.2) is 5.78 Å². The number of Topliss-reactive ketones (excluding diaryl/α,β-unsaturated/α-hetero) is 1. The highest BCUT2D eigenvalue weighted by Gasteiger charge is 2.23. The van der Waals surface area contributed by atoms with E-state index in [1.165, 1.54) is 0 Å². The molecular weight excluding hydrogens is 217 g/mol. The lowest BCUT2D eigenvalue weighted by Gasteiger charge is -2.17. The fraction of sp³-hybridized carbons (Fsp3) is 0.417. The van der Waals surface area contributed by atoms with Crippen LogP contribution in [0.1, 0.15) is 37.6 Å². The van der Waals surface area contributed by atoms with Gasteiger partial charge >= 0.3 is 0 Å². The molecule has 0 radical (unpaired) electrons. The van der Waals surface area contributed by atoms with Crippen molar-refractivity contribution in [3.05, 3.63) is 35.1 Å². The number of rotatable bonds is 2. The van der Waals surface area contributed by atoms with Gasteiger partial charge in [-0.3, -0.25) is 4.79 Å². The third-order valence-electron chi connectivity index (χ3n) is 1.98. The maximum Gasteiger partial charge on any atom is 0.169 e. The summed E-state index contributed by atoms with van der Waals surface area (Å²) < 4.78 is 39.1. The van der Waals surface area contributed by atoms with Gasteiger partial charge in [-0.05, 0) is 5.41 Å². The molecule has 1 aromatic carbocycles. The Bertz CT molecular complexity index is 396. The van der Waals surface area contributed by atoms with E-state index < -0.39 is 28.8 Å². The molecule has 0 atom stereocenters. The van der Waals surface area contributed by atoms with Crippen LogP contribution in [0.3, 0.4) is 0 Å². The first kappa shape index (κ1) is 12.7. The molecule has 0 aliphatic rings. The van der Waals surface area contributed by atoms with Crippen LogP contribution in [-0.2, 0) is 0 Å². The van der Waals surface area contributed by atoms with E-state index in [4.69, 9.17) is 0 Å². The van der Waals surface area contributed by atoms with E-state index in [9.17, 15) is 18.0 Å². The predicted molar refractivity (Wildman–Crippen MR) is 54.7 cm³/mol. The first-order valence-corrected chi connectivity index (χ1v) is 4.88. The van der Waals surface area contributed by atoms with Crippen molar-refractivity contribution in [2.75, 3.05) is 0 Å². The molecular formula is C12H13F3O. The maximum atomic E-state index is 13.2. The predicted octanol–water partition coefficient (Wildman–Crippen LogP) is 3.72. The molecule has 88 valence electrons. The Morgan fingerprint density at radius 1 is 1.12 bits per heavy atom. The van der Waals surface area contributed by atoms with Crippen molar-refractivity contribution < 1.29 is 18.0 Å². The summed E-state index contributed by atoms with van der Waals surface area (Å²) in [5.74, 6) is -3.97. The Kier molecular flexibility index (Phi) is 3.41. The number of ketones is 1. The highest BCUT2D eigenvalue weighted by molar-refractivity contribution is 5.96. The van der Waals surface area contributed by atoms with E-state index in [0.29, 0.717) is 12.1 Å². The second-order valence-electron chi connectivity index (χ2n) is 4.91. The molecule has 0 unspecified atom stereocenters. The summed E-state index contributed by atoms with van der Waals surface area (Å²) in [6.07, 6.45) is 0.00642. The molecule has 16 heavy (non-hydrogen) atoms. The van der Waals surface area contributed by atoms with Gasteiger partial charge in [0.05, 0.1) is 5.56 Å². The lowest BCUT2D eigenvalue weighted by molar-refractivity contribution is 0.0931. The summed E-state index contributed by atoms with van der Waals surface area (Å²) >= 11 is 0. The summed E-state index contributed by atoms with van der Waals surface area (Å²) in [5.41, 5.74) is -1.03.